The van der Waals surface area contributed by atoms with Crippen LogP contribution in [0, 0.1) is 0 Å². The molecule has 2 rings (SSSR count). The van der Waals surface area contributed by atoms with Gasteiger partial charge >= 0.3 is 6.09 Å². The summed E-state index contributed by atoms with van der Waals surface area (Å²) < 4.78 is 5.30. The third kappa shape index (κ3) is 5.05. The van der Waals surface area contributed by atoms with Gasteiger partial charge in [0.1, 0.15) is 12.4 Å². The van der Waals surface area contributed by atoms with E-state index in [-0.39, 0.29) is 18.9 Å². The lowest BCUT2D eigenvalue weighted by Gasteiger charge is -2.21. The summed E-state index contributed by atoms with van der Waals surface area (Å²) in [5, 5.41) is 0. The van der Waals surface area contributed by atoms with Gasteiger partial charge in [-0.05, 0) is 18.1 Å². The lowest BCUT2D eigenvalue weighted by atomic mass is 10.2. The van der Waals surface area contributed by atoms with Gasteiger partial charge in [0, 0.05) is 6.54 Å². The minimum atomic E-state index is -0.483. The maximum absolute atomic E-state index is 12.2. The molecule has 0 spiro atoms. The van der Waals surface area contributed by atoms with E-state index in [1.165, 1.54) is 11.8 Å². The van der Waals surface area contributed by atoms with E-state index in [2.05, 4.69) is 0 Å². The van der Waals surface area contributed by atoms with Crippen LogP contribution in [0.4, 0.5) is 4.79 Å². The minimum Gasteiger partial charge on any atom is -0.445 e. The van der Waals surface area contributed by atoms with Crippen LogP contribution >= 0.6 is 0 Å². The van der Waals surface area contributed by atoms with Crippen LogP contribution in [0.5, 0.6) is 0 Å². The summed E-state index contributed by atoms with van der Waals surface area (Å²) in [7, 11) is 0. The highest BCUT2D eigenvalue weighted by molar-refractivity contribution is 5.81. The van der Waals surface area contributed by atoms with Crippen molar-refractivity contribution < 1.29 is 14.3 Å². The van der Waals surface area contributed by atoms with E-state index in [1.54, 1.807) is 0 Å². The molecule has 2 aromatic rings. The van der Waals surface area contributed by atoms with Gasteiger partial charge in [-0.25, -0.2) is 4.79 Å². The van der Waals surface area contributed by atoms with Crippen molar-refractivity contribution in [3.05, 3.63) is 71.8 Å². The second-order valence-corrected chi connectivity index (χ2v) is 5.08. The molecule has 2 aromatic carbocycles. The standard InChI is InChI=1S/C18H19NO3/c1-15(20)12-19(13-16-8-4-2-5-9-16)18(21)22-14-17-10-6-3-7-11-17/h2-11H,12-14H2,1H3. The molecular weight excluding hydrogens is 278 g/mol. The highest BCUT2D eigenvalue weighted by atomic mass is 16.6. The quantitative estimate of drug-likeness (QED) is 0.821. The Hall–Kier alpha value is -2.62. The second-order valence-electron chi connectivity index (χ2n) is 5.08. The highest BCUT2D eigenvalue weighted by Gasteiger charge is 2.17. The summed E-state index contributed by atoms with van der Waals surface area (Å²) in [5.74, 6) is -0.0763. The van der Waals surface area contributed by atoms with Gasteiger partial charge in [0.2, 0.25) is 0 Å². The average molecular weight is 297 g/mol. The van der Waals surface area contributed by atoms with Crippen molar-refractivity contribution in [1.82, 2.24) is 4.90 Å². The first kappa shape index (κ1) is 15.8. The molecule has 0 aliphatic rings. The molecule has 1 amide bonds. The van der Waals surface area contributed by atoms with Gasteiger partial charge in [0.15, 0.2) is 0 Å². The maximum atomic E-state index is 12.2. The number of rotatable bonds is 6. The van der Waals surface area contributed by atoms with Crippen LogP contribution in [0.2, 0.25) is 0 Å². The molecule has 0 aliphatic carbocycles. The summed E-state index contributed by atoms with van der Waals surface area (Å²) in [4.78, 5) is 25.0. The zero-order chi connectivity index (χ0) is 15.8. The Morgan fingerprint density at radius 1 is 0.909 bits per heavy atom. The molecule has 0 aliphatic heterocycles. The Balaban J connectivity index is 1.98. The number of Topliss-reactive ketones (excluding diaryl/α,β-unsaturated/α-hetero) is 1. The summed E-state index contributed by atoms with van der Waals surface area (Å²) >= 11 is 0. The van der Waals surface area contributed by atoms with Crippen molar-refractivity contribution in [3.63, 3.8) is 0 Å². The van der Waals surface area contributed by atoms with Crippen LogP contribution < -0.4 is 0 Å². The molecule has 0 fully saturated rings. The van der Waals surface area contributed by atoms with Crippen molar-refractivity contribution in [2.75, 3.05) is 6.54 Å². The van der Waals surface area contributed by atoms with Gasteiger partial charge in [-0.15, -0.1) is 0 Å². The summed E-state index contributed by atoms with van der Waals surface area (Å²) in [5.41, 5.74) is 1.87. The number of carbonyl (C=O) groups excluding carboxylic acids is 2. The Labute approximate surface area is 130 Å². The van der Waals surface area contributed by atoms with E-state index in [0.717, 1.165) is 11.1 Å². The monoisotopic (exact) mass is 297 g/mol. The SMILES string of the molecule is CC(=O)CN(Cc1ccccc1)C(=O)OCc1ccccc1. The molecule has 4 heteroatoms. The topological polar surface area (TPSA) is 46.6 Å². The molecule has 0 saturated carbocycles. The van der Waals surface area contributed by atoms with Gasteiger partial charge in [-0.1, -0.05) is 60.7 Å². The third-order valence-corrected chi connectivity index (χ3v) is 3.09. The van der Waals surface area contributed by atoms with Gasteiger partial charge in [0.05, 0.1) is 6.54 Å². The second kappa shape index (κ2) is 7.98. The first-order chi connectivity index (χ1) is 10.6. The molecule has 0 N–H and O–H groups in total. The third-order valence-electron chi connectivity index (χ3n) is 3.09. The van der Waals surface area contributed by atoms with Crippen molar-refractivity contribution in [1.29, 1.82) is 0 Å². The normalized spacial score (nSPS) is 10.0. The molecule has 0 unspecified atom stereocenters. The lowest BCUT2D eigenvalue weighted by molar-refractivity contribution is -0.118. The van der Waals surface area contributed by atoms with Crippen molar-refractivity contribution >= 4 is 11.9 Å². The van der Waals surface area contributed by atoms with E-state index in [9.17, 15) is 9.59 Å². The van der Waals surface area contributed by atoms with Gasteiger partial charge in [-0.3, -0.25) is 9.69 Å². The van der Waals surface area contributed by atoms with Crippen LogP contribution in [-0.4, -0.2) is 23.3 Å². The van der Waals surface area contributed by atoms with Gasteiger partial charge < -0.3 is 4.74 Å². The Kier molecular flexibility index (Phi) is 5.72. The number of nitrogens with zero attached hydrogens (tertiary/aromatic N) is 1. The molecule has 0 bridgehead atoms. The van der Waals surface area contributed by atoms with Gasteiger partial charge in [0.25, 0.3) is 0 Å². The number of benzene rings is 2. The Bertz CT molecular complexity index is 611. The van der Waals surface area contributed by atoms with Crippen LogP contribution in [-0.2, 0) is 22.7 Å². The molecule has 4 nitrogen and oxygen atoms in total. The predicted octanol–water partition coefficient (Wildman–Crippen LogP) is 3.41. The maximum Gasteiger partial charge on any atom is 0.410 e. The number of carbonyl (C=O) groups is 2. The van der Waals surface area contributed by atoms with Crippen LogP contribution in [0.3, 0.4) is 0 Å². The number of hydrogen-bond acceptors (Lipinski definition) is 3. The lowest BCUT2D eigenvalue weighted by Crippen LogP contribution is -2.34. The number of ether oxygens (including phenoxy) is 1. The predicted molar refractivity (Wildman–Crippen MR) is 84.2 cm³/mol. The van der Waals surface area contributed by atoms with Crippen molar-refractivity contribution in [2.45, 2.75) is 20.1 Å². The fourth-order valence-electron chi connectivity index (χ4n) is 2.07. The largest absolute Gasteiger partial charge is 0.445 e. The smallest absolute Gasteiger partial charge is 0.410 e. The number of hydrogen-bond donors (Lipinski definition) is 0. The van der Waals surface area contributed by atoms with Crippen LogP contribution in [0.15, 0.2) is 60.7 Å². The number of ketones is 1. The van der Waals surface area contributed by atoms with Crippen LogP contribution in [0.25, 0.3) is 0 Å². The van der Waals surface area contributed by atoms with E-state index in [1.807, 2.05) is 60.7 Å². The molecule has 22 heavy (non-hydrogen) atoms. The van der Waals surface area contributed by atoms with Crippen molar-refractivity contribution in [3.8, 4) is 0 Å². The molecule has 0 aromatic heterocycles. The summed E-state index contributed by atoms with van der Waals surface area (Å²) in [6, 6.07) is 19.0. The van der Waals surface area contributed by atoms with E-state index < -0.39 is 6.09 Å². The zero-order valence-electron chi connectivity index (χ0n) is 12.6. The molecule has 0 atom stereocenters. The zero-order valence-corrected chi connectivity index (χ0v) is 12.6. The fraction of sp³-hybridized carbons (Fsp3) is 0.222. The number of amides is 1. The minimum absolute atomic E-state index is 0.0442. The van der Waals surface area contributed by atoms with Crippen molar-refractivity contribution in [2.24, 2.45) is 0 Å². The van der Waals surface area contributed by atoms with E-state index in [4.69, 9.17) is 4.74 Å². The molecule has 0 saturated heterocycles. The average Bonchev–Trinajstić information content (AvgIpc) is 2.53. The molecule has 0 radical (unpaired) electrons. The summed E-state index contributed by atoms with van der Waals surface area (Å²) in [6.45, 7) is 2.06. The first-order valence-electron chi connectivity index (χ1n) is 7.14. The molecular formula is C18H19NO3. The summed E-state index contributed by atoms with van der Waals surface area (Å²) in [6.07, 6.45) is -0.483. The fourth-order valence-corrected chi connectivity index (χ4v) is 2.07. The Morgan fingerprint density at radius 3 is 2.00 bits per heavy atom. The van der Waals surface area contributed by atoms with Crippen LogP contribution in [0.1, 0.15) is 18.1 Å². The van der Waals surface area contributed by atoms with Gasteiger partial charge in [-0.2, -0.15) is 0 Å². The Morgan fingerprint density at radius 2 is 1.45 bits per heavy atom. The van der Waals surface area contributed by atoms with E-state index in [0.29, 0.717) is 6.54 Å². The highest BCUT2D eigenvalue weighted by Crippen LogP contribution is 2.08. The van der Waals surface area contributed by atoms with E-state index >= 15 is 0 Å². The molecule has 114 valence electrons. The first-order valence-corrected chi connectivity index (χ1v) is 7.14. The molecule has 0 heterocycles.